The summed E-state index contributed by atoms with van der Waals surface area (Å²) in [5.74, 6) is -1.27. The van der Waals surface area contributed by atoms with Gasteiger partial charge in [-0.15, -0.1) is 0 Å². The van der Waals surface area contributed by atoms with Crippen LogP contribution in [0.5, 0.6) is 0 Å². The first kappa shape index (κ1) is 29.0. The summed E-state index contributed by atoms with van der Waals surface area (Å²) in [5, 5.41) is 0. The summed E-state index contributed by atoms with van der Waals surface area (Å²) in [4.78, 5) is 0. The summed E-state index contributed by atoms with van der Waals surface area (Å²) >= 11 is 0. The molecule has 0 heterocycles. The maximum Gasteiger partial charge on any atom is 0.411 e. The second kappa shape index (κ2) is 13.4. The molecule has 0 bridgehead atoms. The number of hydrogen-bond acceptors (Lipinski definition) is 2. The molecule has 0 saturated carbocycles. The highest BCUT2D eigenvalue weighted by Gasteiger charge is 2.38. The predicted octanol–water partition coefficient (Wildman–Crippen LogP) is 8.14. The zero-order valence-electron chi connectivity index (χ0n) is 18.7. The summed E-state index contributed by atoms with van der Waals surface area (Å²) in [6.07, 6.45) is -0.106. The smallest absolute Gasteiger partial charge is 0.341 e. The van der Waals surface area contributed by atoms with Crippen LogP contribution in [-0.2, 0) is 9.47 Å². The lowest BCUT2D eigenvalue weighted by Crippen LogP contribution is -2.39. The first-order valence-corrected chi connectivity index (χ1v) is 10.3. The Kier molecular flexibility index (Phi) is 12.9. The van der Waals surface area contributed by atoms with E-state index in [2.05, 4.69) is 36.3 Å². The number of rotatable bonds is 14. The van der Waals surface area contributed by atoms with Crippen LogP contribution in [0.15, 0.2) is 23.3 Å². The van der Waals surface area contributed by atoms with Crippen LogP contribution in [0.3, 0.4) is 0 Å². The fourth-order valence-electron chi connectivity index (χ4n) is 2.78. The molecular weight excluding hydrogens is 410 g/mol. The summed E-state index contributed by atoms with van der Waals surface area (Å²) in [7, 11) is 0. The quantitative estimate of drug-likeness (QED) is 0.152. The van der Waals surface area contributed by atoms with E-state index in [9.17, 15) is 26.3 Å². The number of alkyl halides is 6. The Morgan fingerprint density at radius 1 is 0.800 bits per heavy atom. The highest BCUT2D eigenvalue weighted by molar-refractivity contribution is 5.03. The lowest BCUT2D eigenvalue weighted by molar-refractivity contribution is -0.305. The SMILES string of the molecule is C/C(=C\CCC(C)(OCC(F)(F)F)OCC(F)(F)F)CC/C=C(\C)CCCC(C)C. The number of ether oxygens (including phenoxy) is 2. The molecule has 0 aliphatic heterocycles. The highest BCUT2D eigenvalue weighted by Crippen LogP contribution is 2.28. The first-order chi connectivity index (χ1) is 13.6. The van der Waals surface area contributed by atoms with Gasteiger partial charge in [-0.25, -0.2) is 0 Å². The van der Waals surface area contributed by atoms with Gasteiger partial charge in [-0.05, 0) is 58.8 Å². The van der Waals surface area contributed by atoms with Gasteiger partial charge in [0.05, 0.1) is 0 Å². The molecule has 0 atom stereocenters. The van der Waals surface area contributed by atoms with E-state index in [1.165, 1.54) is 12.0 Å². The molecule has 2 nitrogen and oxygen atoms in total. The Balaban J connectivity index is 4.57. The Hall–Kier alpha value is -1.02. The van der Waals surface area contributed by atoms with Crippen molar-refractivity contribution in [3.05, 3.63) is 23.3 Å². The zero-order valence-corrected chi connectivity index (χ0v) is 18.7. The molecule has 0 aliphatic carbocycles. The Bertz CT molecular complexity index is 515. The van der Waals surface area contributed by atoms with Crippen molar-refractivity contribution in [3.63, 3.8) is 0 Å². The molecule has 0 saturated heterocycles. The fraction of sp³-hybridized carbons (Fsp3) is 0.818. The Morgan fingerprint density at radius 3 is 1.73 bits per heavy atom. The Labute approximate surface area is 176 Å². The van der Waals surface area contributed by atoms with Crippen molar-refractivity contribution in [2.24, 2.45) is 5.92 Å². The minimum atomic E-state index is -4.64. The van der Waals surface area contributed by atoms with Crippen LogP contribution in [-0.4, -0.2) is 31.4 Å². The molecule has 178 valence electrons. The molecule has 0 spiro atoms. The van der Waals surface area contributed by atoms with E-state index in [-0.39, 0.29) is 12.8 Å². The summed E-state index contributed by atoms with van der Waals surface area (Å²) in [6.45, 7) is 6.17. The van der Waals surface area contributed by atoms with Gasteiger partial charge in [0.2, 0.25) is 0 Å². The van der Waals surface area contributed by atoms with E-state index >= 15 is 0 Å². The third kappa shape index (κ3) is 17.8. The fourth-order valence-corrected chi connectivity index (χ4v) is 2.78. The van der Waals surface area contributed by atoms with Crippen LogP contribution in [0.4, 0.5) is 26.3 Å². The second-order valence-corrected chi connectivity index (χ2v) is 8.41. The molecule has 0 aromatic heterocycles. The molecule has 0 radical (unpaired) electrons. The van der Waals surface area contributed by atoms with Crippen molar-refractivity contribution < 1.29 is 35.8 Å². The number of hydrogen-bond donors (Lipinski definition) is 0. The third-order valence-corrected chi connectivity index (χ3v) is 4.56. The van der Waals surface area contributed by atoms with Gasteiger partial charge in [-0.3, -0.25) is 0 Å². The van der Waals surface area contributed by atoms with Gasteiger partial charge in [0.25, 0.3) is 0 Å². The molecule has 30 heavy (non-hydrogen) atoms. The topological polar surface area (TPSA) is 18.5 Å². The van der Waals surface area contributed by atoms with Crippen LogP contribution < -0.4 is 0 Å². The molecule has 0 rings (SSSR count). The number of allylic oxidation sites excluding steroid dienone is 4. The summed E-state index contributed by atoms with van der Waals surface area (Å²) in [6, 6.07) is 0. The van der Waals surface area contributed by atoms with E-state index < -0.39 is 31.4 Å². The minimum absolute atomic E-state index is 0.111. The minimum Gasteiger partial charge on any atom is -0.341 e. The van der Waals surface area contributed by atoms with Gasteiger partial charge < -0.3 is 9.47 Å². The van der Waals surface area contributed by atoms with Gasteiger partial charge in [-0.2, -0.15) is 26.3 Å². The molecule has 0 fully saturated rings. The Morgan fingerprint density at radius 2 is 1.27 bits per heavy atom. The van der Waals surface area contributed by atoms with Crippen molar-refractivity contribution in [3.8, 4) is 0 Å². The molecule has 0 aliphatic rings. The van der Waals surface area contributed by atoms with Crippen molar-refractivity contribution in [1.82, 2.24) is 0 Å². The van der Waals surface area contributed by atoms with Crippen LogP contribution >= 0.6 is 0 Å². The van der Waals surface area contributed by atoms with Crippen molar-refractivity contribution >= 4 is 0 Å². The van der Waals surface area contributed by atoms with Gasteiger partial charge in [-0.1, -0.05) is 43.6 Å². The van der Waals surface area contributed by atoms with E-state index in [1.807, 2.05) is 13.0 Å². The molecule has 0 aromatic rings. The lowest BCUT2D eigenvalue weighted by Gasteiger charge is -2.30. The molecule has 0 amide bonds. The number of halogens is 6. The van der Waals surface area contributed by atoms with Gasteiger partial charge in [0.15, 0.2) is 5.79 Å². The average Bonchev–Trinajstić information content (AvgIpc) is 2.57. The molecular formula is C22H36F6O2. The molecule has 8 heteroatoms. The van der Waals surface area contributed by atoms with E-state index in [0.29, 0.717) is 5.92 Å². The monoisotopic (exact) mass is 446 g/mol. The summed E-state index contributed by atoms with van der Waals surface area (Å²) in [5.41, 5.74) is 2.35. The van der Waals surface area contributed by atoms with Crippen molar-refractivity contribution in [2.75, 3.05) is 13.2 Å². The molecule has 0 aromatic carbocycles. The zero-order chi connectivity index (χ0) is 23.4. The van der Waals surface area contributed by atoms with E-state index in [1.54, 1.807) is 0 Å². The summed E-state index contributed by atoms with van der Waals surface area (Å²) < 4.78 is 83.8. The van der Waals surface area contributed by atoms with Crippen molar-refractivity contribution in [1.29, 1.82) is 0 Å². The van der Waals surface area contributed by atoms with Crippen LogP contribution in [0, 0.1) is 5.92 Å². The maximum absolute atomic E-state index is 12.4. The van der Waals surface area contributed by atoms with Crippen molar-refractivity contribution in [2.45, 2.75) is 97.7 Å². The van der Waals surface area contributed by atoms with Gasteiger partial charge in [0, 0.05) is 6.42 Å². The second-order valence-electron chi connectivity index (χ2n) is 8.41. The molecule has 0 N–H and O–H groups in total. The normalized spacial score (nSPS) is 14.7. The largest absolute Gasteiger partial charge is 0.411 e. The van der Waals surface area contributed by atoms with Crippen LogP contribution in [0.25, 0.3) is 0 Å². The van der Waals surface area contributed by atoms with Gasteiger partial charge in [0.1, 0.15) is 13.2 Å². The predicted molar refractivity (Wildman–Crippen MR) is 107 cm³/mol. The molecule has 0 unspecified atom stereocenters. The van der Waals surface area contributed by atoms with Gasteiger partial charge >= 0.3 is 12.4 Å². The first-order valence-electron chi connectivity index (χ1n) is 10.3. The third-order valence-electron chi connectivity index (χ3n) is 4.56. The standard InChI is InChI=1S/C22H36F6O2/c1-17(2)9-6-10-18(3)11-7-12-19(4)13-8-14-20(5,29-15-21(23,24)25)30-16-22(26,27)28/h11,13,17H,6-10,12,14-16H2,1-5H3/b18-11+,19-13+. The van der Waals surface area contributed by atoms with Crippen LogP contribution in [0.1, 0.15) is 79.6 Å². The highest BCUT2D eigenvalue weighted by atomic mass is 19.4. The maximum atomic E-state index is 12.4. The lowest BCUT2D eigenvalue weighted by atomic mass is 10.0. The average molecular weight is 447 g/mol. The van der Waals surface area contributed by atoms with E-state index in [4.69, 9.17) is 0 Å². The van der Waals surface area contributed by atoms with Crippen LogP contribution in [0.2, 0.25) is 0 Å². The van der Waals surface area contributed by atoms with E-state index in [0.717, 1.165) is 38.2 Å².